The summed E-state index contributed by atoms with van der Waals surface area (Å²) in [5.41, 5.74) is 1.91. The Bertz CT molecular complexity index is 1110. The van der Waals surface area contributed by atoms with Crippen molar-refractivity contribution in [1.29, 1.82) is 0 Å². The number of anilines is 1. The van der Waals surface area contributed by atoms with Crippen LogP contribution in [-0.4, -0.2) is 39.5 Å². The lowest BCUT2D eigenvalue weighted by atomic mass is 9.86. The molecular formula is C25H30N2O5S. The van der Waals surface area contributed by atoms with E-state index in [9.17, 15) is 18.0 Å². The molecule has 2 aromatic carbocycles. The number of hydrogen-bond acceptors (Lipinski definition) is 5. The summed E-state index contributed by atoms with van der Waals surface area (Å²) in [6.07, 6.45) is 5.90. The maximum absolute atomic E-state index is 13.2. The Balaban J connectivity index is 1.38. The number of aryl methyl sites for hydroxylation is 1. The Morgan fingerprint density at radius 3 is 2.52 bits per heavy atom. The van der Waals surface area contributed by atoms with Gasteiger partial charge in [0.2, 0.25) is 0 Å². The highest BCUT2D eigenvalue weighted by molar-refractivity contribution is 7.92. The zero-order valence-electron chi connectivity index (χ0n) is 18.8. The number of fused-ring (bicyclic) bond motifs is 1. The molecule has 176 valence electrons. The van der Waals surface area contributed by atoms with Gasteiger partial charge in [-0.05, 0) is 67.5 Å². The molecule has 7 nitrogen and oxygen atoms in total. The van der Waals surface area contributed by atoms with Gasteiger partial charge in [0.15, 0.2) is 6.61 Å². The predicted molar refractivity (Wildman–Crippen MR) is 126 cm³/mol. The Morgan fingerprint density at radius 2 is 1.76 bits per heavy atom. The number of carbonyl (C=O) groups is 2. The smallest absolute Gasteiger partial charge is 0.338 e. The Hall–Kier alpha value is -2.87. The quantitative estimate of drug-likeness (QED) is 0.650. The van der Waals surface area contributed by atoms with Crippen LogP contribution in [0.1, 0.15) is 54.9 Å². The van der Waals surface area contributed by atoms with Gasteiger partial charge >= 0.3 is 5.97 Å². The lowest BCUT2D eigenvalue weighted by Crippen LogP contribution is -2.42. The first kappa shape index (κ1) is 23.3. The van der Waals surface area contributed by atoms with Crippen molar-refractivity contribution in [2.75, 3.05) is 17.5 Å². The Morgan fingerprint density at radius 1 is 1.03 bits per heavy atom. The van der Waals surface area contributed by atoms with Gasteiger partial charge in [-0.2, -0.15) is 0 Å². The lowest BCUT2D eigenvalue weighted by molar-refractivity contribution is -0.125. The standard InChI is InChI=1S/C25H30N2O5S/c1-18-7-2-4-10-22(18)26-24(28)17-32-25(29)20-12-14-21(15-13-20)33(30,31)27-16-6-9-19-8-3-5-11-23(19)27/h3,5,8,11-15,18,22H,2,4,6-7,9-10,16-17H2,1H3,(H,26,28)/t18-,22+/m1/s1. The van der Waals surface area contributed by atoms with Gasteiger partial charge in [0, 0.05) is 12.6 Å². The van der Waals surface area contributed by atoms with Crippen LogP contribution >= 0.6 is 0 Å². The van der Waals surface area contributed by atoms with Crippen molar-refractivity contribution in [2.24, 2.45) is 5.92 Å². The van der Waals surface area contributed by atoms with Gasteiger partial charge in [-0.25, -0.2) is 13.2 Å². The molecule has 1 aliphatic carbocycles. The molecular weight excluding hydrogens is 440 g/mol. The second-order valence-electron chi connectivity index (χ2n) is 8.85. The van der Waals surface area contributed by atoms with Crippen molar-refractivity contribution in [1.82, 2.24) is 5.32 Å². The molecule has 2 atom stereocenters. The van der Waals surface area contributed by atoms with Crippen LogP contribution in [0.3, 0.4) is 0 Å². The van der Waals surface area contributed by atoms with Crippen molar-refractivity contribution in [3.63, 3.8) is 0 Å². The molecule has 1 heterocycles. The van der Waals surface area contributed by atoms with Crippen LogP contribution in [0.25, 0.3) is 0 Å². The zero-order valence-corrected chi connectivity index (χ0v) is 19.6. The number of para-hydroxylation sites is 1. The van der Waals surface area contributed by atoms with E-state index in [1.807, 2.05) is 24.3 Å². The maximum atomic E-state index is 13.2. The van der Waals surface area contributed by atoms with Gasteiger partial charge in [0.1, 0.15) is 0 Å². The number of carbonyl (C=O) groups excluding carboxylic acids is 2. The van der Waals surface area contributed by atoms with Crippen molar-refractivity contribution >= 4 is 27.6 Å². The fourth-order valence-electron chi connectivity index (χ4n) is 4.63. The summed E-state index contributed by atoms with van der Waals surface area (Å²) in [6.45, 7) is 2.18. The number of ether oxygens (including phenoxy) is 1. The van der Waals surface area contributed by atoms with E-state index >= 15 is 0 Å². The molecule has 1 aliphatic heterocycles. The molecule has 8 heteroatoms. The predicted octanol–water partition coefficient (Wildman–Crippen LogP) is 3.68. The van der Waals surface area contributed by atoms with Gasteiger partial charge in [-0.3, -0.25) is 9.10 Å². The summed E-state index contributed by atoms with van der Waals surface area (Å²) >= 11 is 0. The van der Waals surface area contributed by atoms with Crippen LogP contribution in [0.5, 0.6) is 0 Å². The number of rotatable bonds is 6. The molecule has 0 radical (unpaired) electrons. The molecule has 0 saturated heterocycles. The minimum absolute atomic E-state index is 0.111. The second kappa shape index (κ2) is 9.95. The van der Waals surface area contributed by atoms with Gasteiger partial charge in [0.05, 0.1) is 16.1 Å². The fraction of sp³-hybridized carbons (Fsp3) is 0.440. The number of hydrogen-bond donors (Lipinski definition) is 1. The van der Waals surface area contributed by atoms with Crippen LogP contribution < -0.4 is 9.62 Å². The van der Waals surface area contributed by atoms with Gasteiger partial charge in [0.25, 0.3) is 15.9 Å². The molecule has 0 bridgehead atoms. The normalized spacial score (nSPS) is 20.6. The third kappa shape index (κ3) is 5.21. The Kier molecular flexibility index (Phi) is 7.02. The third-order valence-corrected chi connectivity index (χ3v) is 8.37. The third-order valence-electron chi connectivity index (χ3n) is 6.54. The number of nitrogens with one attached hydrogen (secondary N) is 1. The topological polar surface area (TPSA) is 92.8 Å². The molecule has 33 heavy (non-hydrogen) atoms. The second-order valence-corrected chi connectivity index (χ2v) is 10.7. The van der Waals surface area contributed by atoms with Crippen molar-refractivity contribution in [2.45, 2.75) is 56.4 Å². The van der Waals surface area contributed by atoms with E-state index in [1.165, 1.54) is 35.0 Å². The number of amides is 1. The van der Waals surface area contributed by atoms with E-state index in [4.69, 9.17) is 4.74 Å². The van der Waals surface area contributed by atoms with E-state index in [1.54, 1.807) is 0 Å². The van der Waals surface area contributed by atoms with Crippen LogP contribution in [0.4, 0.5) is 5.69 Å². The maximum Gasteiger partial charge on any atom is 0.338 e. The highest BCUT2D eigenvalue weighted by atomic mass is 32.2. The first-order valence-electron chi connectivity index (χ1n) is 11.5. The number of benzene rings is 2. The van der Waals surface area contributed by atoms with Crippen LogP contribution in [0, 0.1) is 5.92 Å². The van der Waals surface area contributed by atoms with Crippen LogP contribution in [0.15, 0.2) is 53.4 Å². The number of nitrogens with zero attached hydrogens (tertiary/aromatic N) is 1. The van der Waals surface area contributed by atoms with Crippen molar-refractivity contribution in [3.05, 3.63) is 59.7 Å². The van der Waals surface area contributed by atoms with Crippen LogP contribution in [0.2, 0.25) is 0 Å². The van der Waals surface area contributed by atoms with E-state index in [-0.39, 0.29) is 29.0 Å². The largest absolute Gasteiger partial charge is 0.452 e. The van der Waals surface area contributed by atoms with E-state index in [0.29, 0.717) is 18.2 Å². The molecule has 2 aromatic rings. The zero-order chi connectivity index (χ0) is 23.4. The van der Waals surface area contributed by atoms with Gasteiger partial charge < -0.3 is 10.1 Å². The minimum atomic E-state index is -3.75. The summed E-state index contributed by atoms with van der Waals surface area (Å²) < 4.78 is 33.0. The molecule has 0 unspecified atom stereocenters. The molecule has 0 aromatic heterocycles. The van der Waals surface area contributed by atoms with Crippen LogP contribution in [-0.2, 0) is 26.0 Å². The summed E-state index contributed by atoms with van der Waals surface area (Å²) in [7, 11) is -3.75. The molecule has 1 saturated carbocycles. The number of esters is 1. The monoisotopic (exact) mass is 470 g/mol. The highest BCUT2D eigenvalue weighted by Gasteiger charge is 2.29. The van der Waals surface area contributed by atoms with E-state index in [2.05, 4.69) is 12.2 Å². The molecule has 1 N–H and O–H groups in total. The molecule has 0 spiro atoms. The molecule has 4 rings (SSSR count). The van der Waals surface area contributed by atoms with Gasteiger partial charge in [-0.1, -0.05) is 38.0 Å². The number of sulfonamides is 1. The average molecular weight is 471 g/mol. The minimum Gasteiger partial charge on any atom is -0.452 e. The lowest BCUT2D eigenvalue weighted by Gasteiger charge is -2.30. The van der Waals surface area contributed by atoms with Gasteiger partial charge in [-0.15, -0.1) is 0 Å². The Labute approximate surface area is 195 Å². The average Bonchev–Trinajstić information content (AvgIpc) is 2.83. The summed E-state index contributed by atoms with van der Waals surface area (Å²) in [4.78, 5) is 24.7. The SMILES string of the molecule is C[C@@H]1CCCC[C@@H]1NC(=O)COC(=O)c1ccc(S(=O)(=O)N2CCCc3ccccc32)cc1. The molecule has 1 amide bonds. The summed E-state index contributed by atoms with van der Waals surface area (Å²) in [6, 6.07) is 13.3. The molecule has 2 aliphatic rings. The summed E-state index contributed by atoms with van der Waals surface area (Å²) in [5.74, 6) is -0.557. The first-order chi connectivity index (χ1) is 15.9. The summed E-state index contributed by atoms with van der Waals surface area (Å²) in [5, 5.41) is 2.95. The highest BCUT2D eigenvalue weighted by Crippen LogP contribution is 2.31. The first-order valence-corrected chi connectivity index (χ1v) is 13.0. The molecule has 1 fully saturated rings. The van der Waals surface area contributed by atoms with E-state index in [0.717, 1.165) is 37.7 Å². The van der Waals surface area contributed by atoms with Crippen molar-refractivity contribution in [3.8, 4) is 0 Å². The van der Waals surface area contributed by atoms with Crippen molar-refractivity contribution < 1.29 is 22.7 Å². The fourth-order valence-corrected chi connectivity index (χ4v) is 6.17. The van der Waals surface area contributed by atoms with E-state index < -0.39 is 16.0 Å².